The molecule has 2 aliphatic rings. The predicted molar refractivity (Wildman–Crippen MR) is 79.0 cm³/mol. The molecule has 4 heteroatoms. The highest BCUT2D eigenvalue weighted by Gasteiger charge is 2.41. The molecule has 4 nitrogen and oxygen atoms in total. The Labute approximate surface area is 122 Å². The number of rotatable bonds is 5. The van der Waals surface area contributed by atoms with E-state index in [1.807, 2.05) is 0 Å². The Morgan fingerprint density at radius 1 is 1.35 bits per heavy atom. The van der Waals surface area contributed by atoms with Crippen molar-refractivity contribution in [3.8, 4) is 6.07 Å². The van der Waals surface area contributed by atoms with Crippen LogP contribution in [0.2, 0.25) is 0 Å². The summed E-state index contributed by atoms with van der Waals surface area (Å²) in [5.74, 6) is 0.827. The van der Waals surface area contributed by atoms with Crippen molar-refractivity contribution >= 4 is 5.91 Å². The molecule has 1 saturated heterocycles. The SMILES string of the molecule is CC1CCN(CCCNC(=O)C2(C#N)CCCC2)CC1. The average molecular weight is 277 g/mol. The minimum Gasteiger partial charge on any atom is -0.355 e. The largest absolute Gasteiger partial charge is 0.355 e. The fraction of sp³-hybridized carbons (Fsp3) is 0.875. The number of nitriles is 1. The number of likely N-dealkylation sites (tertiary alicyclic amines) is 1. The van der Waals surface area contributed by atoms with E-state index in [0.29, 0.717) is 6.54 Å². The summed E-state index contributed by atoms with van der Waals surface area (Å²) in [6, 6.07) is 2.25. The summed E-state index contributed by atoms with van der Waals surface area (Å²) in [7, 11) is 0. The Morgan fingerprint density at radius 2 is 2.00 bits per heavy atom. The minimum absolute atomic E-state index is 0.0373. The first-order valence-corrected chi connectivity index (χ1v) is 8.08. The first-order chi connectivity index (χ1) is 9.66. The van der Waals surface area contributed by atoms with Crippen molar-refractivity contribution in [2.75, 3.05) is 26.2 Å². The molecular weight excluding hydrogens is 250 g/mol. The lowest BCUT2D eigenvalue weighted by Crippen LogP contribution is -2.40. The van der Waals surface area contributed by atoms with E-state index < -0.39 is 5.41 Å². The lowest BCUT2D eigenvalue weighted by Gasteiger charge is -2.30. The van der Waals surface area contributed by atoms with E-state index in [1.54, 1.807) is 0 Å². The number of nitrogens with zero attached hydrogens (tertiary/aromatic N) is 2. The van der Waals surface area contributed by atoms with Crippen LogP contribution in [0.5, 0.6) is 0 Å². The van der Waals surface area contributed by atoms with Gasteiger partial charge in [-0.2, -0.15) is 5.26 Å². The van der Waals surface area contributed by atoms with E-state index in [9.17, 15) is 10.1 Å². The van der Waals surface area contributed by atoms with Crippen molar-refractivity contribution in [3.05, 3.63) is 0 Å². The van der Waals surface area contributed by atoms with E-state index in [1.165, 1.54) is 25.9 Å². The highest BCUT2D eigenvalue weighted by atomic mass is 16.2. The maximum atomic E-state index is 12.1. The number of amides is 1. The Bertz CT molecular complexity index is 360. The van der Waals surface area contributed by atoms with Crippen LogP contribution in [0.25, 0.3) is 0 Å². The van der Waals surface area contributed by atoms with Crippen LogP contribution in [0.15, 0.2) is 0 Å². The Kier molecular flexibility index (Phi) is 5.42. The zero-order valence-corrected chi connectivity index (χ0v) is 12.7. The summed E-state index contributed by atoms with van der Waals surface area (Å²) in [5, 5.41) is 12.2. The van der Waals surface area contributed by atoms with E-state index in [2.05, 4.69) is 23.2 Å². The molecule has 2 fully saturated rings. The number of carbonyl (C=O) groups is 1. The molecule has 0 atom stereocenters. The van der Waals surface area contributed by atoms with Crippen molar-refractivity contribution in [1.82, 2.24) is 10.2 Å². The minimum atomic E-state index is -0.722. The van der Waals surface area contributed by atoms with Crippen molar-refractivity contribution in [2.24, 2.45) is 11.3 Å². The van der Waals surface area contributed by atoms with Crippen LogP contribution in [0.3, 0.4) is 0 Å². The van der Waals surface area contributed by atoms with Gasteiger partial charge in [0.25, 0.3) is 0 Å². The smallest absolute Gasteiger partial charge is 0.240 e. The second-order valence-electron chi connectivity index (χ2n) is 6.53. The summed E-state index contributed by atoms with van der Waals surface area (Å²) < 4.78 is 0. The van der Waals surface area contributed by atoms with Gasteiger partial charge in [-0.05, 0) is 57.7 Å². The zero-order valence-electron chi connectivity index (χ0n) is 12.7. The molecule has 0 spiro atoms. The van der Waals surface area contributed by atoms with E-state index >= 15 is 0 Å². The highest BCUT2D eigenvalue weighted by Crippen LogP contribution is 2.37. The van der Waals surface area contributed by atoms with Gasteiger partial charge in [-0.25, -0.2) is 0 Å². The summed E-state index contributed by atoms with van der Waals surface area (Å²) in [6.45, 7) is 6.47. The topological polar surface area (TPSA) is 56.1 Å². The maximum absolute atomic E-state index is 12.1. The summed E-state index contributed by atoms with van der Waals surface area (Å²) >= 11 is 0. The molecule has 0 aromatic heterocycles. The van der Waals surface area contributed by atoms with Gasteiger partial charge < -0.3 is 10.2 Å². The van der Waals surface area contributed by atoms with Crippen LogP contribution >= 0.6 is 0 Å². The Balaban J connectivity index is 1.63. The van der Waals surface area contributed by atoms with Gasteiger partial charge in [-0.1, -0.05) is 19.8 Å². The molecule has 0 aromatic carbocycles. The third-order valence-corrected chi connectivity index (χ3v) is 4.92. The number of piperidine rings is 1. The van der Waals surface area contributed by atoms with E-state index in [0.717, 1.165) is 44.6 Å². The molecule has 1 aliphatic carbocycles. The third kappa shape index (κ3) is 3.73. The normalized spacial score (nSPS) is 23.4. The van der Waals surface area contributed by atoms with Gasteiger partial charge in [0, 0.05) is 6.54 Å². The first-order valence-electron chi connectivity index (χ1n) is 8.08. The molecule has 1 heterocycles. The summed E-state index contributed by atoms with van der Waals surface area (Å²) in [6.07, 6.45) is 7.06. The maximum Gasteiger partial charge on any atom is 0.240 e. The van der Waals surface area contributed by atoms with Gasteiger partial charge in [0.15, 0.2) is 0 Å². The predicted octanol–water partition coefficient (Wildman–Crippen LogP) is 2.31. The second-order valence-corrected chi connectivity index (χ2v) is 6.53. The van der Waals surface area contributed by atoms with Crippen LogP contribution in [0.1, 0.15) is 51.9 Å². The molecule has 0 radical (unpaired) electrons. The molecule has 1 aliphatic heterocycles. The van der Waals surface area contributed by atoms with Crippen molar-refractivity contribution < 1.29 is 4.79 Å². The summed E-state index contributed by atoms with van der Waals surface area (Å²) in [4.78, 5) is 14.6. The van der Waals surface area contributed by atoms with Crippen LogP contribution in [-0.4, -0.2) is 37.0 Å². The molecule has 112 valence electrons. The first kappa shape index (κ1) is 15.3. The second kappa shape index (κ2) is 7.08. The molecule has 1 saturated carbocycles. The Hall–Kier alpha value is -1.08. The van der Waals surface area contributed by atoms with Gasteiger partial charge in [0.2, 0.25) is 5.91 Å². The molecule has 0 unspecified atom stereocenters. The fourth-order valence-corrected chi connectivity index (χ4v) is 3.33. The van der Waals surface area contributed by atoms with Gasteiger partial charge in [0.05, 0.1) is 6.07 Å². The molecule has 1 N–H and O–H groups in total. The lowest BCUT2D eigenvalue weighted by molar-refractivity contribution is -0.127. The van der Waals surface area contributed by atoms with Crippen molar-refractivity contribution in [2.45, 2.75) is 51.9 Å². The quantitative estimate of drug-likeness (QED) is 0.785. The molecule has 0 aromatic rings. The van der Waals surface area contributed by atoms with Crippen LogP contribution in [0, 0.1) is 22.7 Å². The molecule has 1 amide bonds. The van der Waals surface area contributed by atoms with Crippen LogP contribution in [0.4, 0.5) is 0 Å². The van der Waals surface area contributed by atoms with Crippen LogP contribution in [-0.2, 0) is 4.79 Å². The van der Waals surface area contributed by atoms with Crippen molar-refractivity contribution in [1.29, 1.82) is 5.26 Å². The van der Waals surface area contributed by atoms with Crippen molar-refractivity contribution in [3.63, 3.8) is 0 Å². The number of hydrogen-bond acceptors (Lipinski definition) is 3. The number of nitrogens with one attached hydrogen (secondary N) is 1. The third-order valence-electron chi connectivity index (χ3n) is 4.92. The average Bonchev–Trinajstić information content (AvgIpc) is 2.95. The van der Waals surface area contributed by atoms with E-state index in [4.69, 9.17) is 0 Å². The number of carbonyl (C=O) groups excluding carboxylic acids is 1. The molecule has 2 rings (SSSR count). The van der Waals surface area contributed by atoms with Crippen LogP contribution < -0.4 is 5.32 Å². The number of hydrogen-bond donors (Lipinski definition) is 1. The van der Waals surface area contributed by atoms with E-state index in [-0.39, 0.29) is 5.91 Å². The van der Waals surface area contributed by atoms with Gasteiger partial charge in [-0.3, -0.25) is 4.79 Å². The van der Waals surface area contributed by atoms with Gasteiger partial charge in [0.1, 0.15) is 5.41 Å². The molecule has 20 heavy (non-hydrogen) atoms. The molecule has 0 bridgehead atoms. The lowest BCUT2D eigenvalue weighted by atomic mass is 9.87. The highest BCUT2D eigenvalue weighted by molar-refractivity contribution is 5.85. The van der Waals surface area contributed by atoms with Gasteiger partial charge >= 0.3 is 0 Å². The fourth-order valence-electron chi connectivity index (χ4n) is 3.33. The van der Waals surface area contributed by atoms with Gasteiger partial charge in [-0.15, -0.1) is 0 Å². The standard InChI is InChI=1S/C16H27N3O/c1-14-5-11-19(12-6-14)10-4-9-18-15(20)16(13-17)7-2-3-8-16/h14H,2-12H2,1H3,(H,18,20). The zero-order chi connectivity index (χ0) is 14.4. The summed E-state index contributed by atoms with van der Waals surface area (Å²) in [5.41, 5.74) is -0.722. The Morgan fingerprint density at radius 3 is 2.60 bits per heavy atom. The monoisotopic (exact) mass is 277 g/mol. The molecular formula is C16H27N3O.